The largest absolute Gasteiger partial charge is 0.299 e. The summed E-state index contributed by atoms with van der Waals surface area (Å²) in [6.07, 6.45) is 2.79. The summed E-state index contributed by atoms with van der Waals surface area (Å²) in [4.78, 5) is 11.9. The van der Waals surface area contributed by atoms with Gasteiger partial charge in [0.25, 0.3) is 0 Å². The molecule has 0 bridgehead atoms. The molecule has 0 spiro atoms. The van der Waals surface area contributed by atoms with Crippen molar-refractivity contribution in [2.75, 3.05) is 0 Å². The Kier molecular flexibility index (Phi) is 3.44. The minimum absolute atomic E-state index is 0.117. The van der Waals surface area contributed by atoms with Gasteiger partial charge in [-0.05, 0) is 35.4 Å². The van der Waals surface area contributed by atoms with Crippen LogP contribution in [0.25, 0.3) is 0 Å². The van der Waals surface area contributed by atoms with Gasteiger partial charge in [0.1, 0.15) is 5.78 Å². The predicted octanol–water partition coefficient (Wildman–Crippen LogP) is 4.58. The lowest BCUT2D eigenvalue weighted by Gasteiger charge is -2.22. The number of carbonyl (C=O) groups excluding carboxylic acids is 1. The molecule has 2 heteroatoms. The van der Waals surface area contributed by atoms with Crippen LogP contribution in [-0.4, -0.2) is 5.78 Å². The summed E-state index contributed by atoms with van der Waals surface area (Å²) in [7, 11) is 0. The van der Waals surface area contributed by atoms with Gasteiger partial charge in [0.05, 0.1) is 0 Å². The third-order valence-corrected chi connectivity index (χ3v) is 4.26. The minimum Gasteiger partial charge on any atom is -0.299 e. The maximum atomic E-state index is 11.9. The standard InChI is InChI=1S/C15H19BrO/c1-15(2,3)10-7-8-13(16)12(9-10)11-5-4-6-14(11)17/h7-9,11H,4-6H2,1-3H3. The van der Waals surface area contributed by atoms with Gasteiger partial charge in [0.15, 0.2) is 0 Å². The summed E-state index contributed by atoms with van der Waals surface area (Å²) in [5, 5.41) is 0. The van der Waals surface area contributed by atoms with Gasteiger partial charge in [0, 0.05) is 16.8 Å². The average molecular weight is 295 g/mol. The van der Waals surface area contributed by atoms with Crippen LogP contribution >= 0.6 is 15.9 Å². The van der Waals surface area contributed by atoms with E-state index in [4.69, 9.17) is 0 Å². The van der Waals surface area contributed by atoms with Crippen LogP contribution in [0.3, 0.4) is 0 Å². The van der Waals surface area contributed by atoms with Crippen molar-refractivity contribution in [3.05, 3.63) is 33.8 Å². The van der Waals surface area contributed by atoms with E-state index >= 15 is 0 Å². The van der Waals surface area contributed by atoms with E-state index in [1.54, 1.807) is 0 Å². The van der Waals surface area contributed by atoms with Crippen LogP contribution in [0.4, 0.5) is 0 Å². The Hall–Kier alpha value is -0.630. The molecule has 92 valence electrons. The summed E-state index contributed by atoms with van der Waals surface area (Å²) >= 11 is 3.58. The fraction of sp³-hybridized carbons (Fsp3) is 0.533. The highest BCUT2D eigenvalue weighted by molar-refractivity contribution is 9.10. The third-order valence-electron chi connectivity index (χ3n) is 3.54. The molecule has 0 aliphatic heterocycles. The van der Waals surface area contributed by atoms with Crippen LogP contribution in [-0.2, 0) is 10.2 Å². The minimum atomic E-state index is 0.117. The molecular weight excluding hydrogens is 276 g/mol. The number of hydrogen-bond donors (Lipinski definition) is 0. The fourth-order valence-corrected chi connectivity index (χ4v) is 2.94. The van der Waals surface area contributed by atoms with Gasteiger partial charge in [-0.2, -0.15) is 0 Å². The van der Waals surface area contributed by atoms with Crippen LogP contribution in [0.1, 0.15) is 57.1 Å². The van der Waals surface area contributed by atoms with Crippen molar-refractivity contribution >= 4 is 21.7 Å². The topological polar surface area (TPSA) is 17.1 Å². The van der Waals surface area contributed by atoms with E-state index in [-0.39, 0.29) is 11.3 Å². The molecule has 2 rings (SSSR count). The molecule has 0 aromatic heterocycles. The Morgan fingerprint density at radius 2 is 2.00 bits per heavy atom. The first-order valence-corrected chi connectivity index (χ1v) is 7.01. The predicted molar refractivity (Wildman–Crippen MR) is 74.4 cm³/mol. The third kappa shape index (κ3) is 2.62. The van der Waals surface area contributed by atoms with Gasteiger partial charge in [-0.1, -0.05) is 48.8 Å². The van der Waals surface area contributed by atoms with Crippen molar-refractivity contribution in [3.63, 3.8) is 0 Å². The zero-order valence-corrected chi connectivity index (χ0v) is 12.3. The lowest BCUT2D eigenvalue weighted by Crippen LogP contribution is -2.13. The van der Waals surface area contributed by atoms with E-state index in [0.717, 1.165) is 23.7 Å². The molecule has 0 N–H and O–H groups in total. The lowest BCUT2D eigenvalue weighted by atomic mass is 9.84. The van der Waals surface area contributed by atoms with Gasteiger partial charge in [-0.25, -0.2) is 0 Å². The highest BCUT2D eigenvalue weighted by Crippen LogP contribution is 2.37. The van der Waals surface area contributed by atoms with Crippen LogP contribution in [0, 0.1) is 0 Å². The summed E-state index contributed by atoms with van der Waals surface area (Å²) in [5.74, 6) is 0.517. The van der Waals surface area contributed by atoms with Crippen LogP contribution in [0.15, 0.2) is 22.7 Å². The number of halogens is 1. The van der Waals surface area contributed by atoms with Gasteiger partial charge in [-0.15, -0.1) is 0 Å². The quantitative estimate of drug-likeness (QED) is 0.741. The van der Waals surface area contributed by atoms with E-state index < -0.39 is 0 Å². The monoisotopic (exact) mass is 294 g/mol. The van der Waals surface area contributed by atoms with Crippen molar-refractivity contribution in [2.24, 2.45) is 0 Å². The maximum absolute atomic E-state index is 11.9. The zero-order valence-electron chi connectivity index (χ0n) is 10.7. The Morgan fingerprint density at radius 1 is 1.29 bits per heavy atom. The van der Waals surface area contributed by atoms with E-state index in [1.165, 1.54) is 11.1 Å². The zero-order chi connectivity index (χ0) is 12.6. The van der Waals surface area contributed by atoms with Crippen molar-refractivity contribution < 1.29 is 4.79 Å². The van der Waals surface area contributed by atoms with E-state index in [1.807, 2.05) is 0 Å². The van der Waals surface area contributed by atoms with Gasteiger partial charge >= 0.3 is 0 Å². The van der Waals surface area contributed by atoms with E-state index in [2.05, 4.69) is 54.9 Å². The van der Waals surface area contributed by atoms with Crippen molar-refractivity contribution in [1.82, 2.24) is 0 Å². The second-order valence-electron chi connectivity index (χ2n) is 5.90. The molecule has 1 aromatic rings. The lowest BCUT2D eigenvalue weighted by molar-refractivity contribution is -0.118. The number of benzene rings is 1. The fourth-order valence-electron chi connectivity index (χ4n) is 2.42. The van der Waals surface area contributed by atoms with Crippen LogP contribution < -0.4 is 0 Å². The molecule has 1 fully saturated rings. The molecular formula is C15H19BrO. The SMILES string of the molecule is CC(C)(C)c1ccc(Br)c(C2CCCC2=O)c1. The summed E-state index contributed by atoms with van der Waals surface area (Å²) < 4.78 is 1.07. The number of Topliss-reactive ketones (excluding diaryl/α,β-unsaturated/α-hetero) is 1. The number of carbonyl (C=O) groups is 1. The highest BCUT2D eigenvalue weighted by Gasteiger charge is 2.28. The molecule has 1 unspecified atom stereocenters. The van der Waals surface area contributed by atoms with Crippen LogP contribution in [0.5, 0.6) is 0 Å². The second-order valence-corrected chi connectivity index (χ2v) is 6.75. The molecule has 0 heterocycles. The summed E-state index contributed by atoms with van der Waals surface area (Å²) in [6, 6.07) is 6.44. The first-order chi connectivity index (χ1) is 7.89. The molecule has 1 nitrogen and oxygen atoms in total. The molecule has 17 heavy (non-hydrogen) atoms. The van der Waals surface area contributed by atoms with Gasteiger partial charge in [-0.3, -0.25) is 4.79 Å². The van der Waals surface area contributed by atoms with Gasteiger partial charge in [0.2, 0.25) is 0 Å². The molecule has 1 aliphatic rings. The van der Waals surface area contributed by atoms with E-state index in [9.17, 15) is 4.79 Å². The first kappa shape index (κ1) is 12.8. The smallest absolute Gasteiger partial charge is 0.140 e. The summed E-state index contributed by atoms with van der Waals surface area (Å²) in [6.45, 7) is 6.61. The normalized spacial score (nSPS) is 20.9. The summed E-state index contributed by atoms with van der Waals surface area (Å²) in [5.41, 5.74) is 2.62. The molecule has 0 saturated heterocycles. The second kappa shape index (κ2) is 4.56. The van der Waals surface area contributed by atoms with Crippen molar-refractivity contribution in [2.45, 2.75) is 51.4 Å². The molecule has 0 radical (unpaired) electrons. The van der Waals surface area contributed by atoms with Gasteiger partial charge < -0.3 is 0 Å². The van der Waals surface area contributed by atoms with E-state index in [0.29, 0.717) is 5.78 Å². The molecule has 1 atom stereocenters. The molecule has 1 saturated carbocycles. The maximum Gasteiger partial charge on any atom is 0.140 e. The molecule has 0 amide bonds. The Bertz CT molecular complexity index is 443. The molecule has 1 aliphatic carbocycles. The Morgan fingerprint density at radius 3 is 2.53 bits per heavy atom. The number of ketones is 1. The number of hydrogen-bond acceptors (Lipinski definition) is 1. The Labute approximate surface area is 112 Å². The molecule has 1 aromatic carbocycles. The Balaban J connectivity index is 2.42. The average Bonchev–Trinajstić information content (AvgIpc) is 2.63. The highest BCUT2D eigenvalue weighted by atomic mass is 79.9. The van der Waals surface area contributed by atoms with Crippen molar-refractivity contribution in [1.29, 1.82) is 0 Å². The number of rotatable bonds is 1. The van der Waals surface area contributed by atoms with Crippen LogP contribution in [0.2, 0.25) is 0 Å². The van der Waals surface area contributed by atoms with Crippen molar-refractivity contribution in [3.8, 4) is 0 Å². The first-order valence-electron chi connectivity index (χ1n) is 6.22.